The van der Waals surface area contributed by atoms with Crippen molar-refractivity contribution >= 4 is 69.3 Å². The van der Waals surface area contributed by atoms with Gasteiger partial charge in [-0.05, 0) is 36.0 Å². The predicted octanol–water partition coefficient (Wildman–Crippen LogP) is 5.61. The van der Waals surface area contributed by atoms with Gasteiger partial charge in [0.15, 0.2) is 10.9 Å². The Labute approximate surface area is 180 Å². The summed E-state index contributed by atoms with van der Waals surface area (Å²) in [4.78, 5) is 10.4. The van der Waals surface area contributed by atoms with Crippen molar-refractivity contribution in [3.63, 3.8) is 0 Å². The number of anilines is 2. The molecule has 0 amide bonds. The number of thiocarbonyl (C=S) groups is 1. The number of aromatic nitrogens is 2. The maximum atomic E-state index is 10.9. The lowest BCUT2D eigenvalue weighted by Crippen LogP contribution is -2.19. The summed E-state index contributed by atoms with van der Waals surface area (Å²) >= 11 is 23.4. The highest BCUT2D eigenvalue weighted by molar-refractivity contribution is 7.80. The molecule has 0 unspecified atom stereocenters. The third kappa shape index (κ3) is 5.11. The van der Waals surface area contributed by atoms with Gasteiger partial charge in [-0.2, -0.15) is 5.10 Å². The van der Waals surface area contributed by atoms with Crippen LogP contribution in [-0.4, -0.2) is 19.8 Å². The van der Waals surface area contributed by atoms with Crippen LogP contribution in [0.4, 0.5) is 17.2 Å². The highest BCUT2D eigenvalue weighted by Crippen LogP contribution is 2.25. The van der Waals surface area contributed by atoms with E-state index in [0.717, 1.165) is 5.56 Å². The number of nitro groups is 1. The first-order valence-electron chi connectivity index (χ1n) is 7.81. The minimum Gasteiger partial charge on any atom is -0.332 e. The molecule has 0 bridgehead atoms. The van der Waals surface area contributed by atoms with Crippen LogP contribution in [0, 0.1) is 10.1 Å². The summed E-state index contributed by atoms with van der Waals surface area (Å²) < 4.78 is 1.63. The Morgan fingerprint density at radius 1 is 1.11 bits per heavy atom. The highest BCUT2D eigenvalue weighted by atomic mass is 35.5. The first-order chi connectivity index (χ1) is 13.3. The van der Waals surface area contributed by atoms with Crippen LogP contribution in [0.25, 0.3) is 0 Å². The second-order valence-corrected chi connectivity index (χ2v) is 7.29. The largest absolute Gasteiger partial charge is 0.332 e. The van der Waals surface area contributed by atoms with Gasteiger partial charge in [0.05, 0.1) is 21.5 Å². The van der Waals surface area contributed by atoms with Crippen molar-refractivity contribution in [3.8, 4) is 0 Å². The highest BCUT2D eigenvalue weighted by Gasteiger charge is 2.11. The van der Waals surface area contributed by atoms with Crippen molar-refractivity contribution in [2.75, 3.05) is 10.6 Å². The number of non-ortho nitro benzene ring substituents is 1. The minimum atomic E-state index is -0.483. The first-order valence-corrected chi connectivity index (χ1v) is 9.35. The third-order valence-electron chi connectivity index (χ3n) is 3.59. The van der Waals surface area contributed by atoms with E-state index >= 15 is 0 Å². The minimum absolute atomic E-state index is 0.0447. The number of rotatable bonds is 5. The lowest BCUT2D eigenvalue weighted by Gasteiger charge is -2.09. The zero-order chi connectivity index (χ0) is 20.3. The Morgan fingerprint density at radius 3 is 2.61 bits per heavy atom. The van der Waals surface area contributed by atoms with Crippen molar-refractivity contribution in [3.05, 3.63) is 79.4 Å². The molecular formula is C17H12Cl3N5O2S. The summed E-state index contributed by atoms with van der Waals surface area (Å²) in [5, 5.41) is 22.4. The van der Waals surface area contributed by atoms with Crippen LogP contribution in [0.3, 0.4) is 0 Å². The van der Waals surface area contributed by atoms with Gasteiger partial charge in [-0.1, -0.05) is 46.9 Å². The summed E-state index contributed by atoms with van der Waals surface area (Å²) in [5.74, 6) is 0.352. The van der Waals surface area contributed by atoms with Gasteiger partial charge in [-0.3, -0.25) is 14.8 Å². The molecule has 0 atom stereocenters. The van der Waals surface area contributed by atoms with Crippen molar-refractivity contribution in [1.82, 2.24) is 9.78 Å². The normalized spacial score (nSPS) is 10.5. The van der Waals surface area contributed by atoms with Gasteiger partial charge < -0.3 is 10.6 Å². The van der Waals surface area contributed by atoms with Gasteiger partial charge in [-0.25, -0.2) is 0 Å². The van der Waals surface area contributed by atoms with Crippen molar-refractivity contribution < 1.29 is 4.92 Å². The molecule has 144 valence electrons. The third-order valence-corrected chi connectivity index (χ3v) is 4.81. The van der Waals surface area contributed by atoms with Gasteiger partial charge in [0, 0.05) is 24.0 Å². The van der Waals surface area contributed by atoms with Gasteiger partial charge >= 0.3 is 0 Å². The fourth-order valence-electron chi connectivity index (χ4n) is 2.35. The van der Waals surface area contributed by atoms with E-state index in [1.807, 2.05) is 6.07 Å². The van der Waals surface area contributed by atoms with Gasteiger partial charge in [0.1, 0.15) is 5.02 Å². The molecule has 0 fully saturated rings. The standard InChI is InChI=1S/C17H12Cl3N5O2S/c18-13-5-4-10(6-14(13)19)8-24-9-15(20)16(23-24)22-17(28)21-11-2-1-3-12(7-11)25(26)27/h1-7,9H,8H2,(H2,21,22,23,28). The number of nitro benzene ring substituents is 1. The number of nitrogens with one attached hydrogen (secondary N) is 2. The molecule has 0 aliphatic heterocycles. The molecule has 0 saturated heterocycles. The van der Waals surface area contributed by atoms with E-state index in [1.54, 1.807) is 35.1 Å². The average Bonchev–Trinajstić information content (AvgIpc) is 2.97. The molecule has 2 aromatic carbocycles. The Hall–Kier alpha value is -2.39. The number of halogens is 3. The van der Waals surface area contributed by atoms with Crippen LogP contribution in [0.2, 0.25) is 15.1 Å². The summed E-state index contributed by atoms with van der Waals surface area (Å²) in [7, 11) is 0. The van der Waals surface area contributed by atoms with E-state index in [2.05, 4.69) is 15.7 Å². The quantitative estimate of drug-likeness (QED) is 0.295. The van der Waals surface area contributed by atoms with Crippen LogP contribution in [0.15, 0.2) is 48.7 Å². The zero-order valence-electron chi connectivity index (χ0n) is 14.0. The molecule has 0 saturated carbocycles. The topological polar surface area (TPSA) is 85.0 Å². The van der Waals surface area contributed by atoms with Crippen LogP contribution in [0.1, 0.15) is 5.56 Å². The fourth-order valence-corrected chi connectivity index (χ4v) is 3.09. The van der Waals surface area contributed by atoms with Crippen LogP contribution < -0.4 is 10.6 Å². The molecule has 0 aliphatic rings. The van der Waals surface area contributed by atoms with E-state index in [-0.39, 0.29) is 10.8 Å². The van der Waals surface area contributed by atoms with Gasteiger partial charge in [0.25, 0.3) is 5.69 Å². The number of benzene rings is 2. The maximum Gasteiger partial charge on any atom is 0.271 e. The Bertz CT molecular complexity index is 1060. The Morgan fingerprint density at radius 2 is 1.89 bits per heavy atom. The Kier molecular flexibility index (Phi) is 6.35. The van der Waals surface area contributed by atoms with Crippen LogP contribution in [-0.2, 0) is 6.54 Å². The molecule has 11 heteroatoms. The van der Waals surface area contributed by atoms with E-state index < -0.39 is 4.92 Å². The van der Waals surface area contributed by atoms with Crippen LogP contribution in [0.5, 0.6) is 0 Å². The molecule has 0 spiro atoms. The summed E-state index contributed by atoms with van der Waals surface area (Å²) in [6.07, 6.45) is 1.64. The van der Waals surface area contributed by atoms with Gasteiger partial charge in [0.2, 0.25) is 0 Å². The second-order valence-electron chi connectivity index (χ2n) is 5.66. The predicted molar refractivity (Wildman–Crippen MR) is 116 cm³/mol. The molecule has 28 heavy (non-hydrogen) atoms. The summed E-state index contributed by atoms with van der Waals surface area (Å²) in [6.45, 7) is 0.434. The molecule has 3 aromatic rings. The van der Waals surface area contributed by atoms with E-state index in [0.29, 0.717) is 33.1 Å². The van der Waals surface area contributed by atoms with Crippen molar-refractivity contribution in [1.29, 1.82) is 0 Å². The van der Waals surface area contributed by atoms with Crippen molar-refractivity contribution in [2.24, 2.45) is 0 Å². The maximum absolute atomic E-state index is 10.9. The van der Waals surface area contributed by atoms with E-state index in [4.69, 9.17) is 47.0 Å². The fraction of sp³-hybridized carbons (Fsp3) is 0.0588. The smallest absolute Gasteiger partial charge is 0.271 e. The van der Waals surface area contributed by atoms with E-state index in [1.165, 1.54) is 12.1 Å². The zero-order valence-corrected chi connectivity index (χ0v) is 17.1. The molecule has 0 aliphatic carbocycles. The lowest BCUT2D eigenvalue weighted by atomic mass is 10.2. The molecule has 0 radical (unpaired) electrons. The Balaban J connectivity index is 1.67. The molecule has 3 rings (SSSR count). The van der Waals surface area contributed by atoms with Crippen LogP contribution >= 0.6 is 47.0 Å². The number of nitrogens with zero attached hydrogens (tertiary/aromatic N) is 3. The SMILES string of the molecule is O=[N+]([O-])c1cccc(NC(=S)Nc2nn(Cc3ccc(Cl)c(Cl)c3)cc2Cl)c1. The average molecular weight is 457 g/mol. The van der Waals surface area contributed by atoms with Gasteiger partial charge in [-0.15, -0.1) is 0 Å². The summed E-state index contributed by atoms with van der Waals surface area (Å²) in [5.41, 5.74) is 1.33. The van der Waals surface area contributed by atoms with E-state index in [9.17, 15) is 10.1 Å². The number of hydrogen-bond donors (Lipinski definition) is 2. The molecule has 2 N–H and O–H groups in total. The number of hydrogen-bond acceptors (Lipinski definition) is 4. The lowest BCUT2D eigenvalue weighted by molar-refractivity contribution is -0.384. The molecular weight excluding hydrogens is 445 g/mol. The summed E-state index contributed by atoms with van der Waals surface area (Å²) in [6, 6.07) is 11.3. The monoisotopic (exact) mass is 455 g/mol. The van der Waals surface area contributed by atoms with Crippen molar-refractivity contribution in [2.45, 2.75) is 6.54 Å². The molecule has 7 nitrogen and oxygen atoms in total. The second kappa shape index (κ2) is 8.74. The molecule has 1 aromatic heterocycles. The molecule has 1 heterocycles. The first kappa shape index (κ1) is 20.3.